The highest BCUT2D eigenvalue weighted by Crippen LogP contribution is 2.02. The van der Waals surface area contributed by atoms with Crippen molar-refractivity contribution in [2.45, 2.75) is 45.1 Å². The third-order valence-corrected chi connectivity index (χ3v) is 4.89. The summed E-state index contributed by atoms with van der Waals surface area (Å²) in [7, 11) is 0. The van der Waals surface area contributed by atoms with Gasteiger partial charge < -0.3 is 34.7 Å². The van der Waals surface area contributed by atoms with Crippen molar-refractivity contribution >= 4 is 35.3 Å². The molecule has 0 rings (SSSR count). The molecule has 0 aromatic heterocycles. The quantitative estimate of drug-likeness (QED) is 0.159. The summed E-state index contributed by atoms with van der Waals surface area (Å²) in [6.45, 7) is 4.47. The van der Waals surface area contributed by atoms with E-state index in [9.17, 15) is 24.3 Å². The van der Waals surface area contributed by atoms with Crippen molar-refractivity contribution in [3.8, 4) is 0 Å². The Morgan fingerprint density at radius 3 is 2.21 bits per heavy atom. The molecule has 0 aliphatic heterocycles. The molecule has 1 atom stereocenters. The van der Waals surface area contributed by atoms with Gasteiger partial charge in [0.15, 0.2) is 5.78 Å². The first kappa shape index (κ1) is 32.3. The van der Waals surface area contributed by atoms with Crippen LogP contribution in [-0.2, 0) is 38.1 Å². The van der Waals surface area contributed by atoms with E-state index in [4.69, 9.17) is 18.9 Å². The summed E-state index contributed by atoms with van der Waals surface area (Å²) in [5.41, 5.74) is 0. The van der Waals surface area contributed by atoms with Crippen LogP contribution < -0.4 is 10.6 Å². The van der Waals surface area contributed by atoms with E-state index in [1.807, 2.05) is 13.2 Å². The van der Waals surface area contributed by atoms with Crippen molar-refractivity contribution in [2.24, 2.45) is 0 Å². The van der Waals surface area contributed by atoms with E-state index in [0.29, 0.717) is 64.4 Å². The Kier molecular flexibility index (Phi) is 21.9. The summed E-state index contributed by atoms with van der Waals surface area (Å²) < 4.78 is 20.9. The summed E-state index contributed by atoms with van der Waals surface area (Å²) in [5.74, 6) is -1.29. The van der Waals surface area contributed by atoms with E-state index in [0.717, 1.165) is 0 Å². The lowest BCUT2D eigenvalue weighted by molar-refractivity contribution is -0.142. The zero-order valence-corrected chi connectivity index (χ0v) is 21.1. The average Bonchev–Trinajstić information content (AvgIpc) is 2.79. The zero-order chi connectivity index (χ0) is 25.4. The largest absolute Gasteiger partial charge is 0.480 e. The first-order chi connectivity index (χ1) is 16.4. The minimum Gasteiger partial charge on any atom is -0.480 e. The summed E-state index contributed by atoms with van der Waals surface area (Å²) in [6, 6.07) is -1.00. The monoisotopic (exact) mass is 508 g/mol. The number of aliphatic carboxylic acids is 1. The fraction of sp³-hybridized carbons (Fsp3) is 0.818. The van der Waals surface area contributed by atoms with Crippen LogP contribution in [0.1, 0.15) is 39.0 Å². The van der Waals surface area contributed by atoms with Gasteiger partial charge in [-0.15, -0.1) is 0 Å². The molecular weight excluding hydrogens is 468 g/mol. The molecule has 0 saturated carbocycles. The highest BCUT2D eigenvalue weighted by Gasteiger charge is 2.19. The standard InChI is InChI=1S/C22H40N2O9S/c1-3-30-11-13-32-15-18(25)7-6-10-31-12-14-33-16-20(26)24-19(22(28)29)8-4-5-9-23-21(27)17-34-2/h19H,3-17H2,1-2H3,(H,23,27)(H,24,26)(H,28,29). The van der Waals surface area contributed by atoms with Crippen molar-refractivity contribution < 1.29 is 43.2 Å². The molecule has 0 aromatic carbocycles. The van der Waals surface area contributed by atoms with E-state index < -0.39 is 17.9 Å². The van der Waals surface area contributed by atoms with Gasteiger partial charge in [0, 0.05) is 26.2 Å². The van der Waals surface area contributed by atoms with E-state index in [1.54, 1.807) is 0 Å². The van der Waals surface area contributed by atoms with Crippen LogP contribution in [0.25, 0.3) is 0 Å². The third kappa shape index (κ3) is 20.8. The van der Waals surface area contributed by atoms with Crippen LogP contribution in [0, 0.1) is 0 Å². The predicted octanol–water partition coefficient (Wildman–Crippen LogP) is 0.641. The molecule has 11 nitrogen and oxygen atoms in total. The number of rotatable bonds is 24. The number of nitrogens with one attached hydrogen (secondary N) is 2. The maximum Gasteiger partial charge on any atom is 0.326 e. The third-order valence-electron chi connectivity index (χ3n) is 4.34. The molecule has 0 bridgehead atoms. The number of ketones is 1. The van der Waals surface area contributed by atoms with Crippen LogP contribution in [0.4, 0.5) is 0 Å². The Labute approximate surface area is 206 Å². The average molecular weight is 509 g/mol. The van der Waals surface area contributed by atoms with Gasteiger partial charge in [0.2, 0.25) is 11.8 Å². The summed E-state index contributed by atoms with van der Waals surface area (Å²) >= 11 is 1.43. The van der Waals surface area contributed by atoms with Crippen molar-refractivity contribution in [2.75, 3.05) is 71.4 Å². The number of carboxylic acids is 1. The Bertz CT molecular complexity index is 579. The molecule has 0 saturated heterocycles. The fourth-order valence-electron chi connectivity index (χ4n) is 2.65. The second kappa shape index (κ2) is 23.0. The smallest absolute Gasteiger partial charge is 0.326 e. The van der Waals surface area contributed by atoms with Crippen LogP contribution in [0.5, 0.6) is 0 Å². The Morgan fingerprint density at radius 2 is 1.53 bits per heavy atom. The lowest BCUT2D eigenvalue weighted by Crippen LogP contribution is -2.42. The van der Waals surface area contributed by atoms with Crippen molar-refractivity contribution in [3.05, 3.63) is 0 Å². The molecular formula is C22H40N2O9S. The molecule has 12 heteroatoms. The molecule has 0 heterocycles. The van der Waals surface area contributed by atoms with Crippen LogP contribution in [0.2, 0.25) is 0 Å². The van der Waals surface area contributed by atoms with Crippen LogP contribution in [0.15, 0.2) is 0 Å². The van der Waals surface area contributed by atoms with Crippen LogP contribution in [0.3, 0.4) is 0 Å². The number of carbonyl (C=O) groups is 4. The normalized spacial score (nSPS) is 11.7. The number of hydrogen-bond donors (Lipinski definition) is 3. The molecule has 34 heavy (non-hydrogen) atoms. The zero-order valence-electron chi connectivity index (χ0n) is 20.3. The SMILES string of the molecule is CCOCCOCC(=O)CCCOCCOCC(=O)NC(CCCCNC(=O)CSC)C(=O)O. The summed E-state index contributed by atoms with van der Waals surface area (Å²) in [4.78, 5) is 46.2. The van der Waals surface area contributed by atoms with Gasteiger partial charge in [-0.25, -0.2) is 4.79 Å². The fourth-order valence-corrected chi connectivity index (χ4v) is 3.02. The summed E-state index contributed by atoms with van der Waals surface area (Å²) in [5, 5.41) is 14.4. The highest BCUT2D eigenvalue weighted by atomic mass is 32.2. The molecule has 198 valence electrons. The first-order valence-corrected chi connectivity index (χ1v) is 12.9. The topological polar surface area (TPSA) is 149 Å². The molecule has 0 aliphatic rings. The minimum absolute atomic E-state index is 0.00125. The van der Waals surface area contributed by atoms with Crippen molar-refractivity contribution in [1.82, 2.24) is 10.6 Å². The van der Waals surface area contributed by atoms with Gasteiger partial charge in [0.1, 0.15) is 19.3 Å². The lowest BCUT2D eigenvalue weighted by atomic mass is 10.1. The number of thioether (sulfide) groups is 1. The van der Waals surface area contributed by atoms with Crippen molar-refractivity contribution in [1.29, 1.82) is 0 Å². The van der Waals surface area contributed by atoms with Crippen LogP contribution >= 0.6 is 11.8 Å². The number of Topliss-reactive ketones (excluding diaryl/α,β-unsaturated/α-hetero) is 1. The van der Waals surface area contributed by atoms with E-state index in [2.05, 4.69) is 10.6 Å². The highest BCUT2D eigenvalue weighted by molar-refractivity contribution is 7.99. The van der Waals surface area contributed by atoms with Crippen molar-refractivity contribution in [3.63, 3.8) is 0 Å². The van der Waals surface area contributed by atoms with Crippen LogP contribution in [-0.4, -0.2) is 106 Å². The number of unbranched alkanes of at least 4 members (excludes halogenated alkanes) is 1. The molecule has 0 spiro atoms. The molecule has 3 N–H and O–H groups in total. The maximum atomic E-state index is 11.9. The lowest BCUT2D eigenvalue weighted by Gasteiger charge is -2.14. The predicted molar refractivity (Wildman–Crippen MR) is 128 cm³/mol. The van der Waals surface area contributed by atoms with Gasteiger partial charge in [-0.05, 0) is 38.9 Å². The van der Waals surface area contributed by atoms with E-state index in [-0.39, 0.29) is 44.5 Å². The van der Waals surface area contributed by atoms with E-state index >= 15 is 0 Å². The van der Waals surface area contributed by atoms with Gasteiger partial charge in [-0.1, -0.05) is 0 Å². The van der Waals surface area contributed by atoms with Gasteiger partial charge in [0.25, 0.3) is 0 Å². The Morgan fingerprint density at radius 1 is 0.853 bits per heavy atom. The van der Waals surface area contributed by atoms with Gasteiger partial charge in [0.05, 0.1) is 32.2 Å². The molecule has 0 radical (unpaired) electrons. The molecule has 1 unspecified atom stereocenters. The molecule has 0 fully saturated rings. The minimum atomic E-state index is -1.11. The molecule has 0 aliphatic carbocycles. The number of amides is 2. The first-order valence-electron chi connectivity index (χ1n) is 11.5. The second-order valence-corrected chi connectivity index (χ2v) is 8.16. The Hall–Kier alpha value is -1.73. The number of hydrogen-bond acceptors (Lipinski definition) is 9. The van der Waals surface area contributed by atoms with Gasteiger partial charge in [-0.3, -0.25) is 14.4 Å². The van der Waals surface area contributed by atoms with Gasteiger partial charge in [-0.2, -0.15) is 11.8 Å². The number of ether oxygens (including phenoxy) is 4. The molecule has 2 amide bonds. The molecule has 0 aromatic rings. The Balaban J connectivity index is 3.71. The number of carbonyl (C=O) groups excluding carboxylic acids is 3. The summed E-state index contributed by atoms with van der Waals surface area (Å²) in [6.07, 6.45) is 4.20. The number of carboxylic acid groups (broad SMARTS) is 1. The van der Waals surface area contributed by atoms with E-state index in [1.165, 1.54) is 11.8 Å². The second-order valence-electron chi connectivity index (χ2n) is 7.29. The maximum absolute atomic E-state index is 11.9. The van der Waals surface area contributed by atoms with Gasteiger partial charge >= 0.3 is 5.97 Å².